The van der Waals surface area contributed by atoms with Crippen LogP contribution in [-0.4, -0.2) is 65.7 Å². The highest BCUT2D eigenvalue weighted by Gasteiger charge is 2.27. The maximum Gasteiger partial charge on any atom is 0.255 e. The molecule has 0 radical (unpaired) electrons. The van der Waals surface area contributed by atoms with Gasteiger partial charge in [-0.05, 0) is 42.7 Å². The molecule has 9 nitrogen and oxygen atoms in total. The Kier molecular flexibility index (Phi) is 8.29. The normalized spacial score (nSPS) is 17.4. The van der Waals surface area contributed by atoms with Gasteiger partial charge in [0.05, 0.1) is 22.9 Å². The number of aromatic nitrogens is 2. The third-order valence-electron chi connectivity index (χ3n) is 6.31. The van der Waals surface area contributed by atoms with E-state index in [4.69, 9.17) is 4.74 Å². The number of halogens is 1. The molecule has 2 atom stereocenters. The van der Waals surface area contributed by atoms with Crippen LogP contribution in [0.2, 0.25) is 0 Å². The van der Waals surface area contributed by atoms with Gasteiger partial charge in [0, 0.05) is 45.0 Å². The zero-order valence-corrected chi connectivity index (χ0v) is 20.9. The number of nitrogens with zero attached hydrogens (tertiary/aromatic N) is 3. The van der Waals surface area contributed by atoms with Gasteiger partial charge in [-0.1, -0.05) is 25.5 Å². The molecule has 1 aliphatic rings. The molecular weight excluding hydrogens is 463 g/mol. The minimum atomic E-state index is -0.322. The van der Waals surface area contributed by atoms with Crippen molar-refractivity contribution in [2.45, 2.75) is 44.8 Å². The maximum atomic E-state index is 13.7. The molecule has 1 saturated heterocycles. The molecule has 192 valence electrons. The average molecular weight is 497 g/mol. The average Bonchev–Trinajstić information content (AvgIpc) is 3.46. The van der Waals surface area contributed by atoms with Crippen LogP contribution in [0, 0.1) is 5.82 Å². The fraction of sp³-hybridized carbons (Fsp3) is 0.423. The van der Waals surface area contributed by atoms with Gasteiger partial charge in [-0.3, -0.25) is 20.4 Å². The number of methoxy groups -OCH3 is 1. The SMILES string of the molecule is CCCC1CC(CN(C)C(=O)c2cc(NC(=O)COC)cc3ncn(Cc4ccc(F)cc4)c23)NN1. The Morgan fingerprint density at radius 1 is 1.22 bits per heavy atom. The second-order valence-corrected chi connectivity index (χ2v) is 9.26. The summed E-state index contributed by atoms with van der Waals surface area (Å²) in [6.07, 6.45) is 4.77. The van der Waals surface area contributed by atoms with Crippen molar-refractivity contribution in [3.8, 4) is 0 Å². The molecule has 2 unspecified atom stereocenters. The van der Waals surface area contributed by atoms with Crippen LogP contribution < -0.4 is 16.2 Å². The van der Waals surface area contributed by atoms with Crippen LogP contribution in [0.5, 0.6) is 0 Å². The fourth-order valence-electron chi connectivity index (χ4n) is 4.65. The second-order valence-electron chi connectivity index (χ2n) is 9.26. The third-order valence-corrected chi connectivity index (χ3v) is 6.31. The molecule has 0 spiro atoms. The molecule has 0 bridgehead atoms. The van der Waals surface area contributed by atoms with E-state index in [1.807, 2.05) is 4.57 Å². The number of fused-ring (bicyclic) bond motifs is 1. The molecule has 1 aromatic heterocycles. The molecule has 3 aromatic rings. The first-order valence-corrected chi connectivity index (χ1v) is 12.2. The minimum Gasteiger partial charge on any atom is -0.375 e. The summed E-state index contributed by atoms with van der Waals surface area (Å²) in [5, 5.41) is 2.78. The largest absolute Gasteiger partial charge is 0.375 e. The van der Waals surface area contributed by atoms with E-state index in [0.29, 0.717) is 41.4 Å². The van der Waals surface area contributed by atoms with E-state index in [-0.39, 0.29) is 30.3 Å². The number of anilines is 1. The lowest BCUT2D eigenvalue weighted by atomic mass is 10.1. The maximum absolute atomic E-state index is 13.7. The molecule has 10 heteroatoms. The van der Waals surface area contributed by atoms with Crippen molar-refractivity contribution in [3.63, 3.8) is 0 Å². The van der Waals surface area contributed by atoms with E-state index in [9.17, 15) is 14.0 Å². The van der Waals surface area contributed by atoms with Crippen molar-refractivity contribution in [3.05, 3.63) is 59.7 Å². The molecule has 1 aliphatic heterocycles. The molecule has 2 amide bonds. The van der Waals surface area contributed by atoms with E-state index in [1.54, 1.807) is 42.5 Å². The van der Waals surface area contributed by atoms with Crippen molar-refractivity contribution >= 4 is 28.5 Å². The molecular formula is C26H33FN6O3. The first-order chi connectivity index (χ1) is 17.4. The fourth-order valence-corrected chi connectivity index (χ4v) is 4.65. The molecule has 4 rings (SSSR count). The first-order valence-electron chi connectivity index (χ1n) is 12.2. The predicted molar refractivity (Wildman–Crippen MR) is 136 cm³/mol. The van der Waals surface area contributed by atoms with Gasteiger partial charge in [0.1, 0.15) is 12.4 Å². The van der Waals surface area contributed by atoms with Crippen LogP contribution in [0.3, 0.4) is 0 Å². The Labute approximate surface area is 210 Å². The number of carbonyl (C=O) groups is 2. The molecule has 36 heavy (non-hydrogen) atoms. The Hall–Kier alpha value is -3.34. The summed E-state index contributed by atoms with van der Waals surface area (Å²) in [6.45, 7) is 3.01. The summed E-state index contributed by atoms with van der Waals surface area (Å²) >= 11 is 0. The molecule has 2 heterocycles. The number of rotatable bonds is 10. The Bertz CT molecular complexity index is 1210. The van der Waals surface area contributed by atoms with Gasteiger partial charge in [0.25, 0.3) is 5.91 Å². The lowest BCUT2D eigenvalue weighted by Gasteiger charge is -2.22. The summed E-state index contributed by atoms with van der Waals surface area (Å²) in [6, 6.07) is 10.2. The van der Waals surface area contributed by atoms with Crippen LogP contribution in [0.1, 0.15) is 42.1 Å². The number of imidazole rings is 1. The number of nitrogens with one attached hydrogen (secondary N) is 3. The molecule has 3 N–H and O–H groups in total. The van der Waals surface area contributed by atoms with Crippen LogP contribution >= 0.6 is 0 Å². The summed E-state index contributed by atoms with van der Waals surface area (Å²) in [7, 11) is 3.22. The van der Waals surface area contributed by atoms with Crippen molar-refractivity contribution in [1.29, 1.82) is 0 Å². The topological polar surface area (TPSA) is 101 Å². The monoisotopic (exact) mass is 496 g/mol. The van der Waals surface area contributed by atoms with Gasteiger partial charge >= 0.3 is 0 Å². The van der Waals surface area contributed by atoms with E-state index >= 15 is 0 Å². The Morgan fingerprint density at radius 2 is 1.97 bits per heavy atom. The summed E-state index contributed by atoms with van der Waals surface area (Å²) < 4.78 is 20.2. The van der Waals surface area contributed by atoms with Crippen LogP contribution in [0.4, 0.5) is 10.1 Å². The lowest BCUT2D eigenvalue weighted by Crippen LogP contribution is -2.41. The molecule has 2 aromatic carbocycles. The lowest BCUT2D eigenvalue weighted by molar-refractivity contribution is -0.119. The molecule has 0 saturated carbocycles. The number of likely N-dealkylation sites (N-methyl/N-ethyl adjacent to an activating group) is 1. The van der Waals surface area contributed by atoms with Crippen LogP contribution in [-0.2, 0) is 16.1 Å². The van der Waals surface area contributed by atoms with E-state index in [2.05, 4.69) is 28.1 Å². The predicted octanol–water partition coefficient (Wildman–Crippen LogP) is 2.92. The number of benzene rings is 2. The zero-order valence-electron chi connectivity index (χ0n) is 20.9. The molecule has 0 aliphatic carbocycles. The number of carbonyl (C=O) groups excluding carboxylic acids is 2. The quantitative estimate of drug-likeness (QED) is 0.399. The van der Waals surface area contributed by atoms with Gasteiger partial charge in [-0.2, -0.15) is 0 Å². The smallest absolute Gasteiger partial charge is 0.255 e. The number of amides is 2. The van der Waals surface area contributed by atoms with Gasteiger partial charge in [-0.15, -0.1) is 0 Å². The van der Waals surface area contributed by atoms with Gasteiger partial charge in [-0.25, -0.2) is 9.37 Å². The van der Waals surface area contributed by atoms with Crippen molar-refractivity contribution in [2.24, 2.45) is 0 Å². The third kappa shape index (κ3) is 6.07. The minimum absolute atomic E-state index is 0.0977. The highest BCUT2D eigenvalue weighted by Crippen LogP contribution is 2.26. The number of hydrogen-bond donors (Lipinski definition) is 3. The standard InChI is InChI=1S/C26H33FN6O3/c1-4-5-19-10-21(31-30-19)14-32(2)26(35)22-11-20(29-24(34)15-36-3)12-23-25(22)33(16-28-23)13-17-6-8-18(27)9-7-17/h6-9,11-12,16,19,21,30-31H,4-5,10,13-15H2,1-3H3,(H,29,34). The van der Waals surface area contributed by atoms with Crippen LogP contribution in [0.25, 0.3) is 11.0 Å². The van der Waals surface area contributed by atoms with Crippen LogP contribution in [0.15, 0.2) is 42.7 Å². The summed E-state index contributed by atoms with van der Waals surface area (Å²) in [5.41, 5.74) is 9.62. The Morgan fingerprint density at radius 3 is 2.69 bits per heavy atom. The van der Waals surface area contributed by atoms with Crippen molar-refractivity contribution in [2.75, 3.05) is 32.6 Å². The summed E-state index contributed by atoms with van der Waals surface area (Å²) in [5.74, 6) is -0.804. The second kappa shape index (κ2) is 11.6. The highest BCUT2D eigenvalue weighted by molar-refractivity contribution is 6.07. The zero-order chi connectivity index (χ0) is 25.7. The first kappa shape index (κ1) is 25.7. The number of hydrogen-bond acceptors (Lipinski definition) is 6. The number of hydrazine groups is 1. The van der Waals surface area contributed by atoms with E-state index < -0.39 is 0 Å². The Balaban J connectivity index is 1.64. The summed E-state index contributed by atoms with van der Waals surface area (Å²) in [4.78, 5) is 32.1. The number of ether oxygens (including phenoxy) is 1. The molecule has 1 fully saturated rings. The van der Waals surface area contributed by atoms with Crippen molar-refractivity contribution < 1.29 is 18.7 Å². The van der Waals surface area contributed by atoms with Gasteiger partial charge < -0.3 is 19.5 Å². The van der Waals surface area contributed by atoms with E-state index in [0.717, 1.165) is 24.8 Å². The van der Waals surface area contributed by atoms with Gasteiger partial charge in [0.15, 0.2) is 0 Å². The van der Waals surface area contributed by atoms with Gasteiger partial charge in [0.2, 0.25) is 5.91 Å². The highest BCUT2D eigenvalue weighted by atomic mass is 19.1. The van der Waals surface area contributed by atoms with E-state index in [1.165, 1.54) is 19.2 Å². The van der Waals surface area contributed by atoms with Crippen molar-refractivity contribution in [1.82, 2.24) is 25.3 Å².